The Balaban J connectivity index is 2.22. The summed E-state index contributed by atoms with van der Waals surface area (Å²) in [6.07, 6.45) is 0. The van der Waals surface area contributed by atoms with Gasteiger partial charge in [0.05, 0.1) is 18.2 Å². The molecule has 8 heteroatoms. The van der Waals surface area contributed by atoms with E-state index in [1.165, 1.54) is 25.3 Å². The van der Waals surface area contributed by atoms with Crippen LogP contribution < -0.4 is 20.5 Å². The molecule has 0 unspecified atom stereocenters. The van der Waals surface area contributed by atoms with Gasteiger partial charge in [-0.15, -0.1) is 0 Å². The Bertz CT molecular complexity index is 829. The van der Waals surface area contributed by atoms with Crippen LogP contribution in [0.4, 0.5) is 4.39 Å². The van der Waals surface area contributed by atoms with Crippen molar-refractivity contribution in [3.8, 4) is 11.5 Å². The van der Waals surface area contributed by atoms with Crippen LogP contribution in [0.1, 0.15) is 28.9 Å². The number of amides is 2. The van der Waals surface area contributed by atoms with E-state index in [9.17, 15) is 14.0 Å². The first-order chi connectivity index (χ1) is 12.3. The number of halogens is 2. The molecule has 0 aliphatic rings. The highest BCUT2D eigenvalue weighted by molar-refractivity contribution is 6.32. The standard InChI is InChI=1S/C18H18ClFN2O4/c1-10(12-5-3-4-6-14(12)20)22-18(24)11-7-13(19)17(15(8-11)25-2)26-9-16(21)23/h3-8,10H,9H2,1-2H3,(H2,21,23)(H,22,24)/t10-/m0/s1. The molecule has 138 valence electrons. The molecule has 0 bridgehead atoms. The van der Waals surface area contributed by atoms with Gasteiger partial charge in [0.2, 0.25) is 0 Å². The molecule has 3 N–H and O–H groups in total. The topological polar surface area (TPSA) is 90.7 Å². The van der Waals surface area contributed by atoms with Crippen LogP contribution in [-0.4, -0.2) is 25.5 Å². The number of nitrogens with two attached hydrogens (primary N) is 1. The fraction of sp³-hybridized carbons (Fsp3) is 0.222. The van der Waals surface area contributed by atoms with Crippen molar-refractivity contribution in [3.63, 3.8) is 0 Å². The first-order valence-electron chi connectivity index (χ1n) is 7.67. The van der Waals surface area contributed by atoms with Crippen LogP contribution in [0.5, 0.6) is 11.5 Å². The molecule has 0 aromatic heterocycles. The van der Waals surface area contributed by atoms with Gasteiger partial charge in [-0.2, -0.15) is 0 Å². The Labute approximate surface area is 155 Å². The maximum absolute atomic E-state index is 13.8. The molecule has 2 aromatic rings. The van der Waals surface area contributed by atoms with Gasteiger partial charge in [0.25, 0.3) is 11.8 Å². The predicted molar refractivity (Wildman–Crippen MR) is 95.0 cm³/mol. The van der Waals surface area contributed by atoms with Crippen molar-refractivity contribution in [3.05, 3.63) is 58.4 Å². The molecule has 0 aliphatic heterocycles. The van der Waals surface area contributed by atoms with E-state index in [0.717, 1.165) is 0 Å². The smallest absolute Gasteiger partial charge is 0.255 e. The second-order valence-electron chi connectivity index (χ2n) is 5.46. The van der Waals surface area contributed by atoms with E-state index in [0.29, 0.717) is 5.56 Å². The SMILES string of the molecule is COc1cc(C(=O)N[C@@H](C)c2ccccc2F)cc(Cl)c1OCC(N)=O. The average molecular weight is 381 g/mol. The lowest BCUT2D eigenvalue weighted by atomic mass is 10.1. The third kappa shape index (κ3) is 4.64. The summed E-state index contributed by atoms with van der Waals surface area (Å²) in [5, 5.41) is 2.77. The molecular formula is C18H18ClFN2O4. The summed E-state index contributed by atoms with van der Waals surface area (Å²) in [5.41, 5.74) is 5.60. The second-order valence-corrected chi connectivity index (χ2v) is 5.87. The number of benzene rings is 2. The van der Waals surface area contributed by atoms with E-state index in [1.807, 2.05) is 0 Å². The van der Waals surface area contributed by atoms with Gasteiger partial charge in [-0.05, 0) is 25.1 Å². The van der Waals surface area contributed by atoms with E-state index in [4.69, 9.17) is 26.8 Å². The number of ether oxygens (including phenoxy) is 2. The fourth-order valence-electron chi connectivity index (χ4n) is 2.32. The summed E-state index contributed by atoms with van der Waals surface area (Å²) >= 11 is 6.12. The quantitative estimate of drug-likeness (QED) is 0.772. The molecule has 0 aliphatic carbocycles. The van der Waals surface area contributed by atoms with E-state index >= 15 is 0 Å². The zero-order chi connectivity index (χ0) is 19.3. The van der Waals surface area contributed by atoms with Crippen LogP contribution in [0.15, 0.2) is 36.4 Å². The Morgan fingerprint density at radius 1 is 1.31 bits per heavy atom. The number of carbonyl (C=O) groups is 2. The minimum absolute atomic E-state index is 0.0781. The minimum Gasteiger partial charge on any atom is -0.493 e. The van der Waals surface area contributed by atoms with Crippen LogP contribution in [0.2, 0.25) is 5.02 Å². The van der Waals surface area contributed by atoms with Crippen LogP contribution in [0.3, 0.4) is 0 Å². The molecule has 26 heavy (non-hydrogen) atoms. The molecule has 2 aromatic carbocycles. The molecule has 2 amide bonds. The molecule has 2 rings (SSSR count). The number of hydrogen-bond donors (Lipinski definition) is 2. The number of rotatable bonds is 7. The van der Waals surface area contributed by atoms with Gasteiger partial charge in [0, 0.05) is 11.1 Å². The van der Waals surface area contributed by atoms with Crippen LogP contribution in [-0.2, 0) is 4.79 Å². The fourth-order valence-corrected chi connectivity index (χ4v) is 2.58. The lowest BCUT2D eigenvalue weighted by Crippen LogP contribution is -2.27. The Morgan fingerprint density at radius 3 is 2.62 bits per heavy atom. The third-order valence-corrected chi connectivity index (χ3v) is 3.85. The molecule has 0 heterocycles. The largest absolute Gasteiger partial charge is 0.493 e. The highest BCUT2D eigenvalue weighted by Gasteiger charge is 2.19. The maximum atomic E-state index is 13.8. The van der Waals surface area contributed by atoms with Crippen LogP contribution in [0.25, 0.3) is 0 Å². The first-order valence-corrected chi connectivity index (χ1v) is 8.05. The van der Waals surface area contributed by atoms with E-state index in [-0.39, 0.29) is 28.7 Å². The van der Waals surface area contributed by atoms with Gasteiger partial charge in [-0.25, -0.2) is 4.39 Å². The molecule has 0 saturated heterocycles. The summed E-state index contributed by atoms with van der Waals surface area (Å²) in [7, 11) is 1.37. The molecule has 0 radical (unpaired) electrons. The van der Waals surface area contributed by atoms with Gasteiger partial charge < -0.3 is 20.5 Å². The summed E-state index contributed by atoms with van der Waals surface area (Å²) in [4.78, 5) is 23.3. The Hall–Kier alpha value is -2.80. The van der Waals surface area contributed by atoms with Crippen molar-refractivity contribution < 1.29 is 23.5 Å². The van der Waals surface area contributed by atoms with E-state index in [2.05, 4.69) is 5.32 Å². The van der Waals surface area contributed by atoms with Gasteiger partial charge in [0.1, 0.15) is 5.82 Å². The van der Waals surface area contributed by atoms with Crippen molar-refractivity contribution in [2.24, 2.45) is 5.73 Å². The highest BCUT2D eigenvalue weighted by Crippen LogP contribution is 2.36. The van der Waals surface area contributed by atoms with Crippen molar-refractivity contribution in [2.45, 2.75) is 13.0 Å². The zero-order valence-electron chi connectivity index (χ0n) is 14.2. The molecule has 0 spiro atoms. The molecular weight excluding hydrogens is 363 g/mol. The van der Waals surface area contributed by atoms with Gasteiger partial charge >= 0.3 is 0 Å². The lowest BCUT2D eigenvalue weighted by molar-refractivity contribution is -0.119. The molecule has 1 atom stereocenters. The minimum atomic E-state index is -0.677. The second kappa shape index (κ2) is 8.53. The summed E-state index contributed by atoms with van der Waals surface area (Å²) in [5.74, 6) is -1.29. The summed E-state index contributed by atoms with van der Waals surface area (Å²) < 4.78 is 24.2. The Morgan fingerprint density at radius 2 is 2.00 bits per heavy atom. The van der Waals surface area contributed by atoms with Gasteiger partial charge in [-0.1, -0.05) is 29.8 Å². The summed E-state index contributed by atoms with van der Waals surface area (Å²) in [6, 6.07) is 8.39. The van der Waals surface area contributed by atoms with Crippen molar-refractivity contribution in [1.29, 1.82) is 0 Å². The third-order valence-electron chi connectivity index (χ3n) is 3.57. The van der Waals surface area contributed by atoms with Gasteiger partial charge in [-0.3, -0.25) is 9.59 Å². The van der Waals surface area contributed by atoms with Gasteiger partial charge in [0.15, 0.2) is 18.1 Å². The molecule has 6 nitrogen and oxygen atoms in total. The van der Waals surface area contributed by atoms with Crippen LogP contribution >= 0.6 is 11.6 Å². The first kappa shape index (κ1) is 19.5. The average Bonchev–Trinajstić information content (AvgIpc) is 2.60. The van der Waals surface area contributed by atoms with E-state index in [1.54, 1.807) is 25.1 Å². The number of methoxy groups -OCH3 is 1. The maximum Gasteiger partial charge on any atom is 0.255 e. The number of primary amides is 1. The molecule has 0 fully saturated rings. The van der Waals surface area contributed by atoms with Crippen LogP contribution in [0, 0.1) is 5.82 Å². The van der Waals surface area contributed by atoms with Crippen molar-refractivity contribution in [1.82, 2.24) is 5.32 Å². The lowest BCUT2D eigenvalue weighted by Gasteiger charge is -2.17. The number of carbonyl (C=O) groups excluding carboxylic acids is 2. The predicted octanol–water partition coefficient (Wildman–Crippen LogP) is 2.84. The van der Waals surface area contributed by atoms with E-state index < -0.39 is 23.7 Å². The normalized spacial score (nSPS) is 11.5. The highest BCUT2D eigenvalue weighted by atomic mass is 35.5. The van der Waals surface area contributed by atoms with Crippen molar-refractivity contribution in [2.75, 3.05) is 13.7 Å². The summed E-state index contributed by atoms with van der Waals surface area (Å²) in [6.45, 7) is 1.28. The number of nitrogens with one attached hydrogen (secondary N) is 1. The zero-order valence-corrected chi connectivity index (χ0v) is 15.0. The number of hydrogen-bond acceptors (Lipinski definition) is 4. The monoisotopic (exact) mass is 380 g/mol. The Kier molecular flexibility index (Phi) is 6.41. The van der Waals surface area contributed by atoms with Crippen molar-refractivity contribution >= 4 is 23.4 Å². The molecule has 0 saturated carbocycles.